The SMILES string of the molecule is CC1(C)OCC(CNC2CCc3ccccc32)O1. The zero-order valence-electron chi connectivity index (χ0n) is 11.1. The highest BCUT2D eigenvalue weighted by molar-refractivity contribution is 5.34. The van der Waals surface area contributed by atoms with Crippen LogP contribution in [0, 0.1) is 0 Å². The molecule has 3 rings (SSSR count). The third-order valence-corrected chi connectivity index (χ3v) is 3.79. The van der Waals surface area contributed by atoms with Crippen LogP contribution in [0.4, 0.5) is 0 Å². The van der Waals surface area contributed by atoms with Gasteiger partial charge in [0.1, 0.15) is 0 Å². The van der Waals surface area contributed by atoms with Crippen molar-refractivity contribution in [1.82, 2.24) is 5.32 Å². The fourth-order valence-electron chi connectivity index (χ4n) is 2.91. The molecule has 3 nitrogen and oxygen atoms in total. The van der Waals surface area contributed by atoms with E-state index < -0.39 is 5.79 Å². The number of aryl methyl sites for hydroxylation is 1. The normalized spacial score (nSPS) is 29.4. The quantitative estimate of drug-likeness (QED) is 0.889. The number of benzene rings is 1. The van der Waals surface area contributed by atoms with E-state index in [0.29, 0.717) is 12.6 Å². The topological polar surface area (TPSA) is 30.5 Å². The van der Waals surface area contributed by atoms with Crippen LogP contribution in [-0.4, -0.2) is 25.0 Å². The molecule has 98 valence electrons. The minimum absolute atomic E-state index is 0.174. The third-order valence-electron chi connectivity index (χ3n) is 3.79. The Kier molecular flexibility index (Phi) is 3.14. The van der Waals surface area contributed by atoms with Crippen molar-refractivity contribution in [2.75, 3.05) is 13.2 Å². The van der Waals surface area contributed by atoms with Crippen LogP contribution in [0.25, 0.3) is 0 Å². The van der Waals surface area contributed by atoms with Gasteiger partial charge in [0.05, 0.1) is 12.7 Å². The lowest BCUT2D eigenvalue weighted by molar-refractivity contribution is -0.137. The van der Waals surface area contributed by atoms with Crippen molar-refractivity contribution >= 4 is 0 Å². The molecule has 18 heavy (non-hydrogen) atoms. The van der Waals surface area contributed by atoms with E-state index >= 15 is 0 Å². The molecule has 2 unspecified atom stereocenters. The average Bonchev–Trinajstić information content (AvgIpc) is 2.90. The maximum atomic E-state index is 5.81. The van der Waals surface area contributed by atoms with Crippen LogP contribution in [0.3, 0.4) is 0 Å². The molecule has 0 saturated carbocycles. The molecule has 1 aliphatic heterocycles. The zero-order valence-corrected chi connectivity index (χ0v) is 11.1. The predicted molar refractivity (Wildman–Crippen MR) is 70.4 cm³/mol. The molecule has 1 aliphatic carbocycles. The average molecular weight is 247 g/mol. The highest BCUT2D eigenvalue weighted by Crippen LogP contribution is 2.31. The van der Waals surface area contributed by atoms with Gasteiger partial charge in [-0.3, -0.25) is 0 Å². The summed E-state index contributed by atoms with van der Waals surface area (Å²) in [5.41, 5.74) is 2.94. The van der Waals surface area contributed by atoms with Gasteiger partial charge in [-0.2, -0.15) is 0 Å². The first-order valence-corrected chi connectivity index (χ1v) is 6.77. The van der Waals surface area contributed by atoms with E-state index in [4.69, 9.17) is 9.47 Å². The molecule has 1 fully saturated rings. The number of rotatable bonds is 3. The molecule has 0 spiro atoms. The Morgan fingerprint density at radius 3 is 2.94 bits per heavy atom. The Hall–Kier alpha value is -0.900. The van der Waals surface area contributed by atoms with Crippen molar-refractivity contribution in [3.8, 4) is 0 Å². The first-order chi connectivity index (χ1) is 8.64. The van der Waals surface area contributed by atoms with Crippen molar-refractivity contribution in [2.45, 2.75) is 44.6 Å². The first-order valence-electron chi connectivity index (χ1n) is 6.77. The van der Waals surface area contributed by atoms with Gasteiger partial charge in [0.2, 0.25) is 0 Å². The molecule has 0 aromatic heterocycles. The second-order valence-electron chi connectivity index (χ2n) is 5.65. The van der Waals surface area contributed by atoms with E-state index in [1.165, 1.54) is 24.0 Å². The summed E-state index contributed by atoms with van der Waals surface area (Å²) in [4.78, 5) is 0. The smallest absolute Gasteiger partial charge is 0.163 e. The minimum atomic E-state index is -0.417. The van der Waals surface area contributed by atoms with E-state index in [-0.39, 0.29) is 6.10 Å². The summed E-state index contributed by atoms with van der Waals surface area (Å²) < 4.78 is 11.4. The molecule has 1 saturated heterocycles. The summed E-state index contributed by atoms with van der Waals surface area (Å²) in [6.45, 7) is 5.49. The van der Waals surface area contributed by atoms with Crippen LogP contribution in [0.2, 0.25) is 0 Å². The summed E-state index contributed by atoms with van der Waals surface area (Å²) in [5, 5.41) is 3.61. The van der Waals surface area contributed by atoms with Crippen molar-refractivity contribution in [1.29, 1.82) is 0 Å². The number of fused-ring (bicyclic) bond motifs is 1. The standard InChI is InChI=1S/C15H21NO2/c1-15(2)17-10-12(18-15)9-16-14-8-7-11-5-3-4-6-13(11)14/h3-6,12,14,16H,7-10H2,1-2H3. The summed E-state index contributed by atoms with van der Waals surface area (Å²) in [7, 11) is 0. The lowest BCUT2D eigenvalue weighted by Gasteiger charge is -2.19. The summed E-state index contributed by atoms with van der Waals surface area (Å²) in [6.07, 6.45) is 2.55. The molecule has 0 radical (unpaired) electrons. The van der Waals surface area contributed by atoms with E-state index in [1.54, 1.807) is 0 Å². The molecular weight excluding hydrogens is 226 g/mol. The highest BCUT2D eigenvalue weighted by atomic mass is 16.7. The van der Waals surface area contributed by atoms with Gasteiger partial charge in [0.25, 0.3) is 0 Å². The van der Waals surface area contributed by atoms with E-state index in [2.05, 4.69) is 29.6 Å². The van der Waals surface area contributed by atoms with Gasteiger partial charge in [0.15, 0.2) is 5.79 Å². The van der Waals surface area contributed by atoms with Gasteiger partial charge in [-0.05, 0) is 37.8 Å². The molecule has 1 aromatic rings. The summed E-state index contributed by atoms with van der Waals surface area (Å²) in [6, 6.07) is 9.19. The Labute approximate surface area is 108 Å². The van der Waals surface area contributed by atoms with Crippen molar-refractivity contribution in [3.05, 3.63) is 35.4 Å². The molecule has 0 bridgehead atoms. The highest BCUT2D eigenvalue weighted by Gasteiger charge is 2.33. The molecule has 1 aromatic carbocycles. The van der Waals surface area contributed by atoms with Crippen LogP contribution in [0.1, 0.15) is 37.4 Å². The van der Waals surface area contributed by atoms with E-state index in [9.17, 15) is 0 Å². The molecule has 2 aliphatic rings. The van der Waals surface area contributed by atoms with Gasteiger partial charge in [-0.25, -0.2) is 0 Å². The van der Waals surface area contributed by atoms with Crippen LogP contribution >= 0.6 is 0 Å². The Bertz CT molecular complexity index is 430. The van der Waals surface area contributed by atoms with Crippen LogP contribution in [0.15, 0.2) is 24.3 Å². The van der Waals surface area contributed by atoms with E-state index in [1.807, 2.05) is 13.8 Å². The van der Waals surface area contributed by atoms with Crippen molar-refractivity contribution in [3.63, 3.8) is 0 Å². The lowest BCUT2D eigenvalue weighted by Crippen LogP contribution is -2.32. The molecule has 1 heterocycles. The lowest BCUT2D eigenvalue weighted by atomic mass is 10.1. The van der Waals surface area contributed by atoms with Gasteiger partial charge in [-0.15, -0.1) is 0 Å². The van der Waals surface area contributed by atoms with Crippen LogP contribution in [0.5, 0.6) is 0 Å². The molecule has 2 atom stereocenters. The zero-order chi connectivity index (χ0) is 12.6. The van der Waals surface area contributed by atoms with Gasteiger partial charge in [-0.1, -0.05) is 24.3 Å². The van der Waals surface area contributed by atoms with Gasteiger partial charge < -0.3 is 14.8 Å². The van der Waals surface area contributed by atoms with E-state index in [0.717, 1.165) is 6.54 Å². The third kappa shape index (κ3) is 2.44. The predicted octanol–water partition coefficient (Wildman–Crippen LogP) is 2.42. The monoisotopic (exact) mass is 247 g/mol. The Morgan fingerprint density at radius 1 is 1.33 bits per heavy atom. The van der Waals surface area contributed by atoms with Crippen LogP contribution < -0.4 is 5.32 Å². The maximum Gasteiger partial charge on any atom is 0.163 e. The maximum absolute atomic E-state index is 5.81. The second-order valence-corrected chi connectivity index (χ2v) is 5.65. The first kappa shape index (κ1) is 12.2. The molecular formula is C15H21NO2. The molecule has 0 amide bonds. The largest absolute Gasteiger partial charge is 0.348 e. The van der Waals surface area contributed by atoms with Gasteiger partial charge in [0, 0.05) is 12.6 Å². The minimum Gasteiger partial charge on any atom is -0.348 e. The number of hydrogen-bond acceptors (Lipinski definition) is 3. The van der Waals surface area contributed by atoms with Crippen molar-refractivity contribution in [2.24, 2.45) is 0 Å². The number of hydrogen-bond donors (Lipinski definition) is 1. The Balaban J connectivity index is 1.56. The van der Waals surface area contributed by atoms with Gasteiger partial charge >= 0.3 is 0 Å². The van der Waals surface area contributed by atoms with Crippen molar-refractivity contribution < 1.29 is 9.47 Å². The second kappa shape index (κ2) is 4.65. The number of ether oxygens (including phenoxy) is 2. The molecule has 3 heteroatoms. The molecule has 1 N–H and O–H groups in total. The Morgan fingerprint density at radius 2 is 2.17 bits per heavy atom. The fourth-order valence-corrected chi connectivity index (χ4v) is 2.91. The summed E-state index contributed by atoms with van der Waals surface area (Å²) in [5.74, 6) is -0.417. The fraction of sp³-hybridized carbons (Fsp3) is 0.600. The number of nitrogens with one attached hydrogen (secondary N) is 1. The van der Waals surface area contributed by atoms with Crippen LogP contribution in [-0.2, 0) is 15.9 Å². The summed E-state index contributed by atoms with van der Waals surface area (Å²) >= 11 is 0.